The molecule has 1 N–H and O–H groups in total. The molecule has 1 aliphatic heterocycles. The first-order valence-corrected chi connectivity index (χ1v) is 9.68. The lowest BCUT2D eigenvalue weighted by molar-refractivity contribution is -0.136. The Morgan fingerprint density at radius 1 is 1.03 bits per heavy atom. The van der Waals surface area contributed by atoms with Gasteiger partial charge in [0.25, 0.3) is 11.8 Å². The van der Waals surface area contributed by atoms with Crippen LogP contribution in [0.1, 0.15) is 12.0 Å². The summed E-state index contributed by atoms with van der Waals surface area (Å²) in [6.07, 6.45) is 0.525. The molecule has 3 rings (SSSR count). The highest BCUT2D eigenvalue weighted by molar-refractivity contribution is 6.41. The zero-order valence-corrected chi connectivity index (χ0v) is 17.5. The summed E-state index contributed by atoms with van der Waals surface area (Å²) in [5.74, 6) is -0.314. The molecular weight excluding hydrogens is 415 g/mol. The van der Waals surface area contributed by atoms with Gasteiger partial charge in [0.2, 0.25) is 0 Å². The van der Waals surface area contributed by atoms with Gasteiger partial charge in [-0.3, -0.25) is 14.5 Å². The number of nitrogens with one attached hydrogen (secondary N) is 1. The molecule has 2 aromatic rings. The number of imide groups is 1. The van der Waals surface area contributed by atoms with Crippen LogP contribution in [-0.2, 0) is 14.3 Å². The normalized spacial score (nSPS) is 14.0. The lowest BCUT2D eigenvalue weighted by Gasteiger charge is -2.15. The number of benzene rings is 2. The number of amides is 2. The van der Waals surface area contributed by atoms with Crippen molar-refractivity contribution in [1.82, 2.24) is 4.90 Å². The van der Waals surface area contributed by atoms with Crippen molar-refractivity contribution in [3.63, 3.8) is 0 Å². The van der Waals surface area contributed by atoms with Crippen molar-refractivity contribution in [2.45, 2.75) is 6.42 Å². The zero-order chi connectivity index (χ0) is 21.0. The molecule has 0 fully saturated rings. The van der Waals surface area contributed by atoms with E-state index in [1.165, 1.54) is 18.1 Å². The minimum Gasteiger partial charge on any atom is -0.495 e. The summed E-state index contributed by atoms with van der Waals surface area (Å²) in [5.41, 5.74) is 1.33. The van der Waals surface area contributed by atoms with Gasteiger partial charge in [-0.15, -0.1) is 0 Å². The summed E-state index contributed by atoms with van der Waals surface area (Å²) in [6, 6.07) is 11.9. The smallest absolute Gasteiger partial charge is 0.278 e. The van der Waals surface area contributed by atoms with Crippen LogP contribution < -0.4 is 10.1 Å². The van der Waals surface area contributed by atoms with E-state index in [0.717, 1.165) is 0 Å². The number of nitrogens with zero attached hydrogens (tertiary/aromatic N) is 1. The van der Waals surface area contributed by atoms with Crippen LogP contribution in [0, 0.1) is 0 Å². The monoisotopic (exact) mass is 434 g/mol. The number of methoxy groups -OCH3 is 2. The molecule has 1 aliphatic rings. The molecule has 152 valence electrons. The van der Waals surface area contributed by atoms with Gasteiger partial charge in [-0.1, -0.05) is 41.4 Å². The Balaban J connectivity index is 2.07. The van der Waals surface area contributed by atoms with Crippen LogP contribution in [0.3, 0.4) is 0 Å². The first-order valence-electron chi connectivity index (χ1n) is 8.92. The van der Waals surface area contributed by atoms with E-state index in [9.17, 15) is 9.59 Å². The molecule has 0 unspecified atom stereocenters. The third kappa shape index (κ3) is 4.40. The Morgan fingerprint density at radius 3 is 2.48 bits per heavy atom. The van der Waals surface area contributed by atoms with Crippen LogP contribution in [0.5, 0.6) is 5.75 Å². The number of rotatable bonds is 8. The van der Waals surface area contributed by atoms with E-state index in [1.54, 1.807) is 37.4 Å². The molecule has 8 heteroatoms. The molecule has 0 atom stereocenters. The van der Waals surface area contributed by atoms with Gasteiger partial charge in [-0.25, -0.2) is 0 Å². The summed E-state index contributed by atoms with van der Waals surface area (Å²) in [5, 5.41) is 3.79. The van der Waals surface area contributed by atoms with Crippen LogP contribution in [0.2, 0.25) is 10.0 Å². The maximum atomic E-state index is 13.1. The highest BCUT2D eigenvalue weighted by atomic mass is 35.5. The number of carbonyl (C=O) groups excluding carboxylic acids is 2. The Bertz CT molecular complexity index is 975. The van der Waals surface area contributed by atoms with E-state index < -0.39 is 11.8 Å². The molecule has 0 spiro atoms. The number of para-hydroxylation sites is 2. The van der Waals surface area contributed by atoms with Crippen LogP contribution in [0.4, 0.5) is 5.69 Å². The molecule has 0 aromatic heterocycles. The Labute approximate surface area is 179 Å². The predicted molar refractivity (Wildman–Crippen MR) is 113 cm³/mol. The molecule has 0 saturated carbocycles. The van der Waals surface area contributed by atoms with Gasteiger partial charge in [0, 0.05) is 30.8 Å². The quantitative estimate of drug-likeness (QED) is 0.497. The van der Waals surface area contributed by atoms with Gasteiger partial charge >= 0.3 is 0 Å². The molecule has 29 heavy (non-hydrogen) atoms. The van der Waals surface area contributed by atoms with E-state index in [1.807, 2.05) is 6.07 Å². The summed E-state index contributed by atoms with van der Waals surface area (Å²) in [6.45, 7) is 0.667. The Kier molecular flexibility index (Phi) is 6.79. The second-order valence-corrected chi connectivity index (χ2v) is 7.15. The molecular formula is C21H20Cl2N2O4. The topological polar surface area (TPSA) is 67.9 Å². The highest BCUT2D eigenvalue weighted by Crippen LogP contribution is 2.36. The average molecular weight is 435 g/mol. The fourth-order valence-corrected chi connectivity index (χ4v) is 3.59. The predicted octanol–water partition coefficient (Wildman–Crippen LogP) is 4.23. The van der Waals surface area contributed by atoms with Crippen LogP contribution in [-0.4, -0.2) is 44.1 Å². The van der Waals surface area contributed by atoms with E-state index in [0.29, 0.717) is 35.1 Å². The maximum Gasteiger partial charge on any atom is 0.278 e. The van der Waals surface area contributed by atoms with Crippen molar-refractivity contribution in [2.75, 3.05) is 32.7 Å². The van der Waals surface area contributed by atoms with Gasteiger partial charge in [-0.05, 0) is 30.7 Å². The number of hydrogen-bond donors (Lipinski definition) is 1. The molecule has 0 bridgehead atoms. The van der Waals surface area contributed by atoms with Gasteiger partial charge in [0.15, 0.2) is 0 Å². The summed E-state index contributed by atoms with van der Waals surface area (Å²) in [7, 11) is 3.10. The second kappa shape index (κ2) is 9.31. The minimum atomic E-state index is -0.432. The van der Waals surface area contributed by atoms with Crippen molar-refractivity contribution < 1.29 is 19.1 Å². The van der Waals surface area contributed by atoms with Gasteiger partial charge < -0.3 is 14.8 Å². The number of carbonyl (C=O) groups is 2. The number of ether oxygens (including phenoxy) is 2. The lowest BCUT2D eigenvalue weighted by Crippen LogP contribution is -2.34. The zero-order valence-electron chi connectivity index (χ0n) is 16.0. The number of hydrogen-bond acceptors (Lipinski definition) is 5. The Morgan fingerprint density at radius 2 is 1.79 bits per heavy atom. The fourth-order valence-electron chi connectivity index (χ4n) is 3.09. The first kappa shape index (κ1) is 21.2. The summed E-state index contributed by atoms with van der Waals surface area (Å²) >= 11 is 12.3. The van der Waals surface area contributed by atoms with Crippen LogP contribution in [0.15, 0.2) is 48.2 Å². The molecule has 0 aliphatic carbocycles. The van der Waals surface area contributed by atoms with Crippen LogP contribution >= 0.6 is 23.2 Å². The van der Waals surface area contributed by atoms with E-state index >= 15 is 0 Å². The van der Waals surface area contributed by atoms with Crippen molar-refractivity contribution in [3.05, 3.63) is 63.8 Å². The average Bonchev–Trinajstić information content (AvgIpc) is 2.93. The fraction of sp³-hybridized carbons (Fsp3) is 0.238. The van der Waals surface area contributed by atoms with Gasteiger partial charge in [-0.2, -0.15) is 0 Å². The molecule has 1 heterocycles. The van der Waals surface area contributed by atoms with Crippen molar-refractivity contribution in [1.29, 1.82) is 0 Å². The number of halogens is 2. The SMILES string of the molecule is COCCCN1C(=O)C(Nc2ccccc2OC)=C(c2ccc(Cl)cc2Cl)C1=O. The lowest BCUT2D eigenvalue weighted by atomic mass is 10.0. The standard InChI is InChI=1S/C21H20Cl2N2O4/c1-28-11-5-10-25-20(26)18(14-9-8-13(22)12-15(14)23)19(21(25)27)24-16-6-3-4-7-17(16)29-2/h3-4,6-9,12,24H,5,10-11H2,1-2H3. The van der Waals surface area contributed by atoms with E-state index in [-0.39, 0.29) is 22.8 Å². The number of anilines is 1. The highest BCUT2D eigenvalue weighted by Gasteiger charge is 2.39. The molecule has 2 amide bonds. The minimum absolute atomic E-state index is 0.140. The van der Waals surface area contributed by atoms with Gasteiger partial charge in [0.1, 0.15) is 11.4 Å². The van der Waals surface area contributed by atoms with Crippen molar-refractivity contribution >= 4 is 46.3 Å². The summed E-state index contributed by atoms with van der Waals surface area (Å²) in [4.78, 5) is 27.4. The van der Waals surface area contributed by atoms with Crippen molar-refractivity contribution in [3.8, 4) is 5.75 Å². The molecule has 6 nitrogen and oxygen atoms in total. The third-order valence-electron chi connectivity index (χ3n) is 4.47. The third-order valence-corrected chi connectivity index (χ3v) is 5.01. The second-order valence-electron chi connectivity index (χ2n) is 6.31. The van der Waals surface area contributed by atoms with E-state index in [2.05, 4.69) is 5.32 Å². The van der Waals surface area contributed by atoms with Crippen molar-refractivity contribution in [2.24, 2.45) is 0 Å². The molecule has 0 saturated heterocycles. The maximum absolute atomic E-state index is 13.1. The largest absolute Gasteiger partial charge is 0.495 e. The van der Waals surface area contributed by atoms with Crippen LogP contribution in [0.25, 0.3) is 5.57 Å². The molecule has 2 aromatic carbocycles. The Hall–Kier alpha value is -2.54. The van der Waals surface area contributed by atoms with E-state index in [4.69, 9.17) is 32.7 Å². The summed E-state index contributed by atoms with van der Waals surface area (Å²) < 4.78 is 10.4. The first-order chi connectivity index (χ1) is 14.0. The molecule has 0 radical (unpaired) electrons. The van der Waals surface area contributed by atoms with Gasteiger partial charge in [0.05, 0.1) is 23.4 Å².